The maximum atomic E-state index is 12.7. The zero-order valence-corrected chi connectivity index (χ0v) is 17.6. The van der Waals surface area contributed by atoms with E-state index in [0.717, 1.165) is 10.4 Å². The number of para-hydroxylation sites is 1. The Morgan fingerprint density at radius 3 is 2.67 bits per heavy atom. The fourth-order valence-electron chi connectivity index (χ4n) is 3.22. The van der Waals surface area contributed by atoms with Gasteiger partial charge in [-0.15, -0.1) is 11.3 Å². The highest BCUT2D eigenvalue weighted by Gasteiger charge is 2.28. The topological polar surface area (TPSA) is 105 Å². The molecule has 0 bridgehead atoms. The molecule has 1 atom stereocenters. The molecule has 0 fully saturated rings. The van der Waals surface area contributed by atoms with Gasteiger partial charge in [0.05, 0.1) is 11.1 Å². The van der Waals surface area contributed by atoms with Crippen molar-refractivity contribution in [2.75, 3.05) is 5.01 Å². The van der Waals surface area contributed by atoms with Crippen LogP contribution in [0.25, 0.3) is 10.2 Å². The van der Waals surface area contributed by atoms with E-state index in [0.29, 0.717) is 15.9 Å². The molecule has 0 radical (unpaired) electrons. The number of H-pyrrole nitrogens is 1. The second-order valence-corrected chi connectivity index (χ2v) is 8.25. The number of hydrogen-bond donors (Lipinski definition) is 1. The van der Waals surface area contributed by atoms with Gasteiger partial charge in [-0.3, -0.25) is 9.59 Å². The summed E-state index contributed by atoms with van der Waals surface area (Å²) >= 11 is 1.43. The summed E-state index contributed by atoms with van der Waals surface area (Å²) in [6.45, 7) is 5.46. The zero-order chi connectivity index (χ0) is 21.4. The molecular formula is C21H20N4O4S. The Morgan fingerprint density at radius 2 is 1.93 bits per heavy atom. The van der Waals surface area contributed by atoms with Crippen LogP contribution in [0.1, 0.15) is 42.1 Å². The molecule has 1 N–H and O–H groups in total. The molecule has 0 aliphatic carbocycles. The molecule has 0 saturated heterocycles. The lowest BCUT2D eigenvalue weighted by Crippen LogP contribution is -2.35. The molecule has 0 saturated carbocycles. The van der Waals surface area contributed by atoms with E-state index in [1.165, 1.54) is 16.3 Å². The van der Waals surface area contributed by atoms with Crippen molar-refractivity contribution in [3.05, 3.63) is 57.0 Å². The van der Waals surface area contributed by atoms with Crippen LogP contribution in [-0.2, 0) is 14.3 Å². The molecule has 3 heterocycles. The molecule has 8 nitrogen and oxygen atoms in total. The highest BCUT2D eigenvalue weighted by molar-refractivity contribution is 7.18. The van der Waals surface area contributed by atoms with Crippen molar-refractivity contribution in [1.29, 1.82) is 0 Å². The van der Waals surface area contributed by atoms with E-state index in [1.807, 2.05) is 19.9 Å². The molecular weight excluding hydrogens is 404 g/mol. The number of aromatic nitrogens is 2. The predicted molar refractivity (Wildman–Crippen MR) is 115 cm³/mol. The smallest absolute Gasteiger partial charge is 0.355 e. The first kappa shape index (κ1) is 20.0. The molecule has 1 aliphatic rings. The molecule has 154 valence electrons. The number of hydrazone groups is 1. The number of thiophene rings is 1. The molecule has 3 aromatic rings. The van der Waals surface area contributed by atoms with E-state index in [-0.39, 0.29) is 35.8 Å². The molecule has 0 spiro atoms. The number of carbonyl (C=O) groups excluding carboxylic acids is 2. The summed E-state index contributed by atoms with van der Waals surface area (Å²) in [5.74, 6) is -0.558. The highest BCUT2D eigenvalue weighted by atomic mass is 32.1. The first-order valence-electron chi connectivity index (χ1n) is 9.51. The first-order valence-corrected chi connectivity index (χ1v) is 10.3. The summed E-state index contributed by atoms with van der Waals surface area (Å²) < 4.78 is 5.50. The van der Waals surface area contributed by atoms with Gasteiger partial charge in [0.15, 0.2) is 11.9 Å². The van der Waals surface area contributed by atoms with Crippen molar-refractivity contribution >= 4 is 44.8 Å². The summed E-state index contributed by atoms with van der Waals surface area (Å²) in [6.07, 6.45) is -0.422. The number of nitrogens with zero attached hydrogens (tertiary/aromatic N) is 3. The van der Waals surface area contributed by atoms with Crippen LogP contribution in [0.5, 0.6) is 0 Å². The summed E-state index contributed by atoms with van der Waals surface area (Å²) in [5, 5.41) is 5.98. The second-order valence-electron chi connectivity index (χ2n) is 7.05. The summed E-state index contributed by atoms with van der Waals surface area (Å²) in [7, 11) is 0. The Labute approximate surface area is 176 Å². The fourth-order valence-corrected chi connectivity index (χ4v) is 4.26. The standard InChI is InChI=1S/C21H20N4O4S/c1-11-13(3)30-20-17(11)19(27)22-18(23-20)12(2)29-21(28)15-9-10-16(26)25(24-15)14-7-5-4-6-8-14/h4-8,12H,9-10H2,1-3H3,(H,22,23,27). The third kappa shape index (κ3) is 3.63. The molecule has 9 heteroatoms. The second kappa shape index (κ2) is 7.83. The van der Waals surface area contributed by atoms with Gasteiger partial charge in [-0.05, 0) is 38.5 Å². The Kier molecular flexibility index (Phi) is 5.21. The van der Waals surface area contributed by atoms with Crippen LogP contribution in [-0.4, -0.2) is 27.6 Å². The molecule has 1 amide bonds. The Hall–Kier alpha value is -3.33. The average molecular weight is 424 g/mol. The molecule has 1 aromatic carbocycles. The van der Waals surface area contributed by atoms with E-state index in [1.54, 1.807) is 31.2 Å². The normalized spacial score (nSPS) is 15.2. The van der Waals surface area contributed by atoms with Crippen molar-refractivity contribution in [3.8, 4) is 0 Å². The van der Waals surface area contributed by atoms with Crippen LogP contribution < -0.4 is 10.6 Å². The number of aryl methyl sites for hydroxylation is 2. The zero-order valence-electron chi connectivity index (χ0n) is 16.8. The van der Waals surface area contributed by atoms with Crippen molar-refractivity contribution in [1.82, 2.24) is 9.97 Å². The Bertz CT molecular complexity index is 1230. The van der Waals surface area contributed by atoms with Crippen LogP contribution >= 0.6 is 11.3 Å². The van der Waals surface area contributed by atoms with Crippen LogP contribution in [0.4, 0.5) is 5.69 Å². The minimum absolute atomic E-state index is 0.150. The lowest BCUT2D eigenvalue weighted by molar-refractivity contribution is -0.140. The number of fused-ring (bicyclic) bond motifs is 1. The number of esters is 1. The maximum absolute atomic E-state index is 12.7. The number of anilines is 1. The van der Waals surface area contributed by atoms with Gasteiger partial charge in [-0.25, -0.2) is 14.8 Å². The van der Waals surface area contributed by atoms with Gasteiger partial charge in [-0.2, -0.15) is 5.10 Å². The van der Waals surface area contributed by atoms with Crippen molar-refractivity contribution in [2.45, 2.75) is 39.7 Å². The average Bonchev–Trinajstić information content (AvgIpc) is 3.02. The molecule has 4 rings (SSSR count). The minimum atomic E-state index is -0.775. The lowest BCUT2D eigenvalue weighted by atomic mass is 10.1. The monoisotopic (exact) mass is 424 g/mol. The largest absolute Gasteiger partial charge is 0.450 e. The van der Waals surface area contributed by atoms with Gasteiger partial charge in [0.25, 0.3) is 5.56 Å². The Morgan fingerprint density at radius 1 is 1.20 bits per heavy atom. The predicted octanol–water partition coefficient (Wildman–Crippen LogP) is 3.39. The van der Waals surface area contributed by atoms with E-state index in [4.69, 9.17) is 4.74 Å². The lowest BCUT2D eigenvalue weighted by Gasteiger charge is -2.23. The molecule has 1 unspecified atom stereocenters. The number of aromatic amines is 1. The first-order chi connectivity index (χ1) is 14.3. The van der Waals surface area contributed by atoms with Crippen molar-refractivity contribution in [3.63, 3.8) is 0 Å². The number of rotatable bonds is 4. The van der Waals surface area contributed by atoms with E-state index >= 15 is 0 Å². The van der Waals surface area contributed by atoms with Crippen LogP contribution in [0.15, 0.2) is 40.2 Å². The maximum Gasteiger partial charge on any atom is 0.355 e. The van der Waals surface area contributed by atoms with Crippen LogP contribution in [0.2, 0.25) is 0 Å². The van der Waals surface area contributed by atoms with E-state index in [9.17, 15) is 14.4 Å². The number of carbonyl (C=O) groups is 2. The SMILES string of the molecule is Cc1sc2nc(C(C)OC(=O)C3=NN(c4ccccc4)C(=O)CC3)[nH]c(=O)c2c1C. The van der Waals surface area contributed by atoms with E-state index in [2.05, 4.69) is 15.1 Å². The van der Waals surface area contributed by atoms with Gasteiger partial charge >= 0.3 is 5.97 Å². The van der Waals surface area contributed by atoms with Gasteiger partial charge in [0.1, 0.15) is 10.5 Å². The Balaban J connectivity index is 1.57. The minimum Gasteiger partial charge on any atom is -0.450 e. The van der Waals surface area contributed by atoms with Gasteiger partial charge in [0.2, 0.25) is 5.91 Å². The summed E-state index contributed by atoms with van der Waals surface area (Å²) in [4.78, 5) is 46.2. The number of ether oxygens (including phenoxy) is 1. The van der Waals surface area contributed by atoms with Crippen molar-refractivity contribution < 1.29 is 14.3 Å². The number of amides is 1. The number of hydrogen-bond acceptors (Lipinski definition) is 7. The van der Waals surface area contributed by atoms with Gasteiger partial charge in [-0.1, -0.05) is 18.2 Å². The quantitative estimate of drug-likeness (QED) is 0.647. The van der Waals surface area contributed by atoms with Gasteiger partial charge < -0.3 is 9.72 Å². The molecule has 30 heavy (non-hydrogen) atoms. The summed E-state index contributed by atoms with van der Waals surface area (Å²) in [5.41, 5.74) is 1.38. The third-order valence-corrected chi connectivity index (χ3v) is 6.10. The van der Waals surface area contributed by atoms with Crippen molar-refractivity contribution in [2.24, 2.45) is 5.10 Å². The highest BCUT2D eigenvalue weighted by Crippen LogP contribution is 2.27. The summed E-state index contributed by atoms with van der Waals surface area (Å²) in [6, 6.07) is 8.90. The third-order valence-electron chi connectivity index (χ3n) is 5.00. The number of benzene rings is 1. The molecule has 2 aromatic heterocycles. The van der Waals surface area contributed by atoms with Crippen LogP contribution in [0, 0.1) is 13.8 Å². The van der Waals surface area contributed by atoms with E-state index < -0.39 is 12.1 Å². The fraction of sp³-hybridized carbons (Fsp3) is 0.286. The van der Waals surface area contributed by atoms with Crippen LogP contribution in [0.3, 0.4) is 0 Å². The van der Waals surface area contributed by atoms with Gasteiger partial charge in [0, 0.05) is 17.7 Å². The molecule has 1 aliphatic heterocycles. The number of nitrogens with one attached hydrogen (secondary N) is 1.